The summed E-state index contributed by atoms with van der Waals surface area (Å²) in [7, 11) is 2.99. The highest BCUT2D eigenvalue weighted by Gasteiger charge is 2.18. The molecule has 3 heterocycles. The van der Waals surface area contributed by atoms with E-state index in [0.717, 1.165) is 5.52 Å². The molecule has 0 saturated carbocycles. The van der Waals surface area contributed by atoms with Gasteiger partial charge in [-0.15, -0.1) is 10.2 Å². The lowest BCUT2D eigenvalue weighted by atomic mass is 10.2. The highest BCUT2D eigenvalue weighted by molar-refractivity contribution is 7.98. The van der Waals surface area contributed by atoms with E-state index in [9.17, 15) is 9.59 Å². The third-order valence-electron chi connectivity index (χ3n) is 4.08. The molecule has 0 atom stereocenters. The molecule has 0 radical (unpaired) electrons. The van der Waals surface area contributed by atoms with Crippen molar-refractivity contribution in [3.8, 4) is 0 Å². The zero-order valence-electron chi connectivity index (χ0n) is 14.0. The van der Waals surface area contributed by atoms with Crippen molar-refractivity contribution in [3.63, 3.8) is 0 Å². The van der Waals surface area contributed by atoms with E-state index < -0.39 is 5.97 Å². The summed E-state index contributed by atoms with van der Waals surface area (Å²) in [6.45, 7) is 0. The number of ether oxygens (including phenoxy) is 1. The number of aryl methyl sites for hydroxylation is 1. The van der Waals surface area contributed by atoms with Crippen molar-refractivity contribution >= 4 is 34.4 Å². The predicted molar refractivity (Wildman–Crippen MR) is 95.3 cm³/mol. The van der Waals surface area contributed by atoms with Gasteiger partial charge in [0.1, 0.15) is 11.3 Å². The summed E-state index contributed by atoms with van der Waals surface area (Å²) in [5, 5.41) is 9.51. The van der Waals surface area contributed by atoms with Crippen LogP contribution in [0, 0.1) is 0 Å². The highest BCUT2D eigenvalue weighted by atomic mass is 32.2. The Kier molecular flexibility index (Phi) is 4.00. The van der Waals surface area contributed by atoms with E-state index in [4.69, 9.17) is 9.15 Å². The molecule has 3 aromatic heterocycles. The third kappa shape index (κ3) is 2.48. The summed E-state index contributed by atoms with van der Waals surface area (Å²) in [6.07, 6.45) is 1.45. The number of benzene rings is 1. The Morgan fingerprint density at radius 2 is 2.08 bits per heavy atom. The van der Waals surface area contributed by atoms with Crippen LogP contribution in [0.5, 0.6) is 0 Å². The van der Waals surface area contributed by atoms with Crippen molar-refractivity contribution in [1.29, 1.82) is 0 Å². The van der Waals surface area contributed by atoms with E-state index in [2.05, 4.69) is 10.2 Å². The van der Waals surface area contributed by atoms with E-state index in [0.29, 0.717) is 33.4 Å². The van der Waals surface area contributed by atoms with Crippen LogP contribution in [0.15, 0.2) is 51.0 Å². The quantitative estimate of drug-likeness (QED) is 0.402. The van der Waals surface area contributed by atoms with Gasteiger partial charge in [0.05, 0.1) is 30.0 Å². The van der Waals surface area contributed by atoms with Crippen LogP contribution >= 0.6 is 11.8 Å². The minimum Gasteiger partial charge on any atom is -0.468 e. The van der Waals surface area contributed by atoms with Crippen LogP contribution in [0.2, 0.25) is 0 Å². The van der Waals surface area contributed by atoms with Crippen molar-refractivity contribution in [3.05, 3.63) is 58.3 Å². The fourth-order valence-electron chi connectivity index (χ4n) is 2.78. The number of nitrogens with zero attached hydrogens (tertiary/aromatic N) is 4. The number of thioether (sulfide) groups is 1. The first-order valence-electron chi connectivity index (χ1n) is 7.72. The molecule has 0 bridgehead atoms. The van der Waals surface area contributed by atoms with Crippen LogP contribution in [0.4, 0.5) is 0 Å². The molecule has 0 aliphatic rings. The van der Waals surface area contributed by atoms with Crippen molar-refractivity contribution < 1.29 is 13.9 Å². The fraction of sp³-hybridized carbons (Fsp3) is 0.176. The number of carbonyl (C=O) groups is 1. The lowest BCUT2D eigenvalue weighted by Gasteiger charge is -2.07. The van der Waals surface area contributed by atoms with Crippen LogP contribution in [-0.4, -0.2) is 32.2 Å². The predicted octanol–water partition coefficient (Wildman–Crippen LogP) is 2.25. The Bertz CT molecular complexity index is 1190. The maximum absolute atomic E-state index is 12.5. The molecule has 0 saturated heterocycles. The van der Waals surface area contributed by atoms with Crippen molar-refractivity contribution in [2.75, 3.05) is 7.11 Å². The van der Waals surface area contributed by atoms with Crippen molar-refractivity contribution in [1.82, 2.24) is 19.2 Å². The molecule has 0 spiro atoms. The Morgan fingerprint density at radius 1 is 1.27 bits per heavy atom. The van der Waals surface area contributed by atoms with Crippen molar-refractivity contribution in [2.45, 2.75) is 10.9 Å². The average molecular weight is 370 g/mol. The Morgan fingerprint density at radius 3 is 2.88 bits per heavy atom. The number of hydrogen-bond donors (Lipinski definition) is 0. The van der Waals surface area contributed by atoms with Gasteiger partial charge < -0.3 is 9.15 Å². The number of methoxy groups -OCH3 is 1. The maximum Gasteiger partial charge on any atom is 0.341 e. The first-order chi connectivity index (χ1) is 12.6. The van der Waals surface area contributed by atoms with E-state index in [1.165, 1.54) is 29.7 Å². The topological polar surface area (TPSA) is 91.6 Å². The summed E-state index contributed by atoms with van der Waals surface area (Å²) in [4.78, 5) is 24.2. The van der Waals surface area contributed by atoms with Crippen LogP contribution in [0.25, 0.3) is 16.7 Å². The first-order valence-corrected chi connectivity index (χ1v) is 8.70. The van der Waals surface area contributed by atoms with Gasteiger partial charge in [-0.2, -0.15) is 0 Å². The standard InChI is InChI=1S/C17H14N4O4S/c1-20-14(22)10-5-3-4-6-12(10)21-16(20)18-19-17(21)26-9-13-11(7-8-25-13)15(23)24-2/h3-8H,9H2,1-2H3. The number of para-hydroxylation sites is 1. The molecule has 8 nitrogen and oxygen atoms in total. The zero-order valence-corrected chi connectivity index (χ0v) is 14.8. The molecule has 0 fully saturated rings. The fourth-order valence-corrected chi connectivity index (χ4v) is 3.67. The van der Waals surface area contributed by atoms with E-state index in [1.807, 2.05) is 22.6 Å². The maximum atomic E-state index is 12.5. The summed E-state index contributed by atoms with van der Waals surface area (Å²) in [5.74, 6) is 0.861. The number of hydrogen-bond acceptors (Lipinski definition) is 7. The summed E-state index contributed by atoms with van der Waals surface area (Å²) in [6, 6.07) is 8.87. The zero-order chi connectivity index (χ0) is 18.3. The second kappa shape index (κ2) is 6.34. The molecule has 9 heteroatoms. The lowest BCUT2D eigenvalue weighted by Crippen LogP contribution is -2.20. The number of carbonyl (C=O) groups excluding carboxylic acids is 1. The molecular formula is C17H14N4O4S. The van der Waals surface area contributed by atoms with Crippen molar-refractivity contribution in [2.24, 2.45) is 7.05 Å². The van der Waals surface area contributed by atoms with E-state index in [-0.39, 0.29) is 5.56 Å². The monoisotopic (exact) mass is 370 g/mol. The van der Waals surface area contributed by atoms with E-state index >= 15 is 0 Å². The SMILES string of the molecule is COC(=O)c1ccoc1CSc1nnc2n(C)c(=O)c3ccccc3n12. The lowest BCUT2D eigenvalue weighted by molar-refractivity contribution is 0.0598. The molecule has 0 unspecified atom stereocenters. The minimum atomic E-state index is -0.451. The van der Waals surface area contributed by atoms with Crippen LogP contribution < -0.4 is 5.56 Å². The van der Waals surface area contributed by atoms with E-state index in [1.54, 1.807) is 19.2 Å². The number of rotatable bonds is 4. The van der Waals surface area contributed by atoms with Crippen LogP contribution in [0.1, 0.15) is 16.1 Å². The van der Waals surface area contributed by atoms with Crippen LogP contribution in [-0.2, 0) is 17.5 Å². The van der Waals surface area contributed by atoms with Gasteiger partial charge in [-0.25, -0.2) is 4.79 Å². The normalized spacial score (nSPS) is 11.3. The molecule has 26 heavy (non-hydrogen) atoms. The number of esters is 1. The van der Waals surface area contributed by atoms with Gasteiger partial charge in [0, 0.05) is 7.05 Å². The van der Waals surface area contributed by atoms with Crippen LogP contribution in [0.3, 0.4) is 0 Å². The summed E-state index contributed by atoms with van der Waals surface area (Å²) < 4.78 is 13.4. The van der Waals surface area contributed by atoms with Gasteiger partial charge in [-0.1, -0.05) is 23.9 Å². The third-order valence-corrected chi connectivity index (χ3v) is 5.01. The molecule has 0 aliphatic heterocycles. The first kappa shape index (κ1) is 16.4. The Hall–Kier alpha value is -3.07. The second-order valence-corrected chi connectivity index (χ2v) is 6.48. The molecule has 4 rings (SSSR count). The Balaban J connectivity index is 1.78. The van der Waals surface area contributed by atoms with Gasteiger partial charge in [0.15, 0.2) is 5.16 Å². The average Bonchev–Trinajstić information content (AvgIpc) is 3.30. The number of fused-ring (bicyclic) bond motifs is 3. The molecule has 0 aliphatic carbocycles. The van der Waals surface area contributed by atoms with Gasteiger partial charge in [-0.3, -0.25) is 13.8 Å². The molecule has 0 N–H and O–H groups in total. The van der Waals surface area contributed by atoms with Gasteiger partial charge in [0.2, 0.25) is 5.78 Å². The molecule has 132 valence electrons. The smallest absolute Gasteiger partial charge is 0.341 e. The largest absolute Gasteiger partial charge is 0.468 e. The van der Waals surface area contributed by atoms with Gasteiger partial charge in [-0.05, 0) is 18.2 Å². The molecule has 4 aromatic rings. The van der Waals surface area contributed by atoms with Gasteiger partial charge >= 0.3 is 5.97 Å². The Labute approximate surface area is 151 Å². The van der Waals surface area contributed by atoms with Gasteiger partial charge in [0.25, 0.3) is 5.56 Å². The number of furan rings is 1. The minimum absolute atomic E-state index is 0.129. The second-order valence-electron chi connectivity index (χ2n) is 5.54. The molecule has 1 aromatic carbocycles. The summed E-state index contributed by atoms with van der Waals surface area (Å²) in [5.41, 5.74) is 0.980. The number of aromatic nitrogens is 4. The molecule has 0 amide bonds. The highest BCUT2D eigenvalue weighted by Crippen LogP contribution is 2.26. The molecular weight excluding hydrogens is 356 g/mol. The summed E-state index contributed by atoms with van der Waals surface area (Å²) >= 11 is 1.36.